The van der Waals surface area contributed by atoms with E-state index in [0.29, 0.717) is 12.0 Å². The second-order valence-corrected chi connectivity index (χ2v) is 7.31. The Hall–Kier alpha value is -0.960. The highest BCUT2D eigenvalue weighted by Gasteiger charge is 2.38. The van der Waals surface area contributed by atoms with E-state index in [9.17, 15) is 9.59 Å². The van der Waals surface area contributed by atoms with Crippen molar-refractivity contribution in [1.82, 2.24) is 0 Å². The van der Waals surface area contributed by atoms with Crippen LogP contribution in [0.25, 0.3) is 0 Å². The molecule has 1 rings (SSSR count). The molecule has 0 heterocycles. The molecule has 0 bridgehead atoms. The van der Waals surface area contributed by atoms with Crippen LogP contribution >= 0.6 is 0 Å². The fraction of sp³-hybridized carbons (Fsp3) is 0.789. The lowest BCUT2D eigenvalue weighted by molar-refractivity contribution is -0.121. The first-order valence-corrected chi connectivity index (χ1v) is 8.80. The summed E-state index contributed by atoms with van der Waals surface area (Å²) in [6, 6.07) is -0.473. The van der Waals surface area contributed by atoms with Gasteiger partial charge in [-0.25, -0.2) is 0 Å². The summed E-state index contributed by atoms with van der Waals surface area (Å²) >= 11 is 0. The summed E-state index contributed by atoms with van der Waals surface area (Å²) < 4.78 is 0. The third kappa shape index (κ3) is 5.05. The molecule has 22 heavy (non-hydrogen) atoms. The minimum Gasteiger partial charge on any atom is -0.321 e. The van der Waals surface area contributed by atoms with Crippen molar-refractivity contribution in [1.29, 1.82) is 0 Å². The highest BCUT2D eigenvalue weighted by molar-refractivity contribution is 6.00. The van der Waals surface area contributed by atoms with Crippen LogP contribution in [0.5, 0.6) is 0 Å². The zero-order valence-electron chi connectivity index (χ0n) is 14.6. The number of ketones is 2. The van der Waals surface area contributed by atoms with Crippen LogP contribution in [0.15, 0.2) is 12.2 Å². The summed E-state index contributed by atoms with van der Waals surface area (Å²) in [5, 5.41) is 0. The van der Waals surface area contributed by atoms with Gasteiger partial charge < -0.3 is 5.73 Å². The second-order valence-electron chi connectivity index (χ2n) is 7.31. The number of carbonyl (C=O) groups excluding carboxylic acids is 2. The first kappa shape index (κ1) is 19.1. The van der Waals surface area contributed by atoms with Crippen molar-refractivity contribution in [2.75, 3.05) is 0 Å². The normalized spacial score (nSPS) is 20.2. The third-order valence-electron chi connectivity index (χ3n) is 5.35. The van der Waals surface area contributed by atoms with Crippen LogP contribution in [0.3, 0.4) is 0 Å². The van der Waals surface area contributed by atoms with Crippen molar-refractivity contribution in [3.05, 3.63) is 12.2 Å². The summed E-state index contributed by atoms with van der Waals surface area (Å²) in [6.07, 6.45) is 8.94. The molecule has 2 atom stereocenters. The van der Waals surface area contributed by atoms with Gasteiger partial charge in [0, 0.05) is 5.92 Å². The van der Waals surface area contributed by atoms with Gasteiger partial charge in [0.25, 0.3) is 0 Å². The van der Waals surface area contributed by atoms with Gasteiger partial charge >= 0.3 is 0 Å². The minimum atomic E-state index is -0.473. The van der Waals surface area contributed by atoms with E-state index in [0.717, 1.165) is 44.9 Å². The minimum absolute atomic E-state index is 0.0350. The number of carbonyl (C=O) groups is 2. The largest absolute Gasteiger partial charge is 0.321 e. The van der Waals surface area contributed by atoms with Gasteiger partial charge in [-0.3, -0.25) is 9.59 Å². The smallest absolute Gasteiger partial charge is 0.175 e. The van der Waals surface area contributed by atoms with E-state index in [4.69, 9.17) is 5.73 Å². The van der Waals surface area contributed by atoms with Crippen LogP contribution in [0.4, 0.5) is 0 Å². The van der Waals surface area contributed by atoms with E-state index < -0.39 is 6.04 Å². The van der Waals surface area contributed by atoms with Gasteiger partial charge in [0.05, 0.1) is 6.04 Å². The summed E-state index contributed by atoms with van der Waals surface area (Å²) in [5.74, 6) is 0.0368. The fourth-order valence-corrected chi connectivity index (χ4v) is 3.50. The second kappa shape index (κ2) is 8.61. The van der Waals surface area contributed by atoms with Crippen LogP contribution in [-0.2, 0) is 9.59 Å². The average molecular weight is 307 g/mol. The lowest BCUT2D eigenvalue weighted by Crippen LogP contribution is -2.47. The number of nitrogens with two attached hydrogens (primary N) is 1. The molecular weight excluding hydrogens is 274 g/mol. The van der Waals surface area contributed by atoms with Gasteiger partial charge in [-0.1, -0.05) is 52.5 Å². The molecule has 3 nitrogen and oxygen atoms in total. The van der Waals surface area contributed by atoms with Crippen molar-refractivity contribution in [2.45, 2.75) is 84.6 Å². The molecule has 0 spiro atoms. The van der Waals surface area contributed by atoms with Crippen LogP contribution < -0.4 is 5.73 Å². The first-order chi connectivity index (χ1) is 10.3. The molecule has 3 heteroatoms. The first-order valence-electron chi connectivity index (χ1n) is 8.80. The molecule has 0 aromatic rings. The van der Waals surface area contributed by atoms with Crippen molar-refractivity contribution >= 4 is 11.6 Å². The Morgan fingerprint density at radius 3 is 2.32 bits per heavy atom. The third-order valence-corrected chi connectivity index (χ3v) is 5.35. The van der Waals surface area contributed by atoms with Crippen molar-refractivity contribution in [3.8, 4) is 0 Å². The Morgan fingerprint density at radius 2 is 1.82 bits per heavy atom. The standard InChI is InChI=1S/C19H33NO2/c1-5-6-10-16(15(3)21)13-14(2)17(22)18(20)19(4)11-8-7-9-12-19/h16,18H,2,5-13,20H2,1,3-4H3/t16-,18-/m1/s1. The lowest BCUT2D eigenvalue weighted by Gasteiger charge is -2.38. The summed E-state index contributed by atoms with van der Waals surface area (Å²) in [4.78, 5) is 24.4. The highest BCUT2D eigenvalue weighted by Crippen LogP contribution is 2.39. The molecule has 1 aliphatic rings. The molecular formula is C19H33NO2. The van der Waals surface area contributed by atoms with E-state index >= 15 is 0 Å². The van der Waals surface area contributed by atoms with E-state index in [-0.39, 0.29) is 22.9 Å². The Kier molecular flexibility index (Phi) is 7.47. The summed E-state index contributed by atoms with van der Waals surface area (Å²) in [7, 11) is 0. The molecule has 0 amide bonds. The van der Waals surface area contributed by atoms with Gasteiger partial charge in [0.15, 0.2) is 5.78 Å². The number of Topliss-reactive ketones (excluding diaryl/α,β-unsaturated/α-hetero) is 2. The molecule has 0 saturated heterocycles. The Labute approximate surface area is 135 Å². The SMILES string of the molecule is C=C(C[C@@H](CCCC)C(C)=O)C(=O)[C@@H](N)C1(C)CCCCC1. The Morgan fingerprint density at radius 1 is 1.23 bits per heavy atom. The number of unbranched alkanes of at least 4 members (excludes halogenated alkanes) is 1. The van der Waals surface area contributed by atoms with Crippen LogP contribution in [0.2, 0.25) is 0 Å². The maximum atomic E-state index is 12.6. The predicted molar refractivity (Wildman–Crippen MR) is 91.6 cm³/mol. The molecule has 1 aliphatic carbocycles. The quantitative estimate of drug-likeness (QED) is 0.650. The van der Waals surface area contributed by atoms with Gasteiger partial charge in [-0.05, 0) is 43.6 Å². The van der Waals surface area contributed by atoms with E-state index in [1.54, 1.807) is 6.92 Å². The summed E-state index contributed by atoms with van der Waals surface area (Å²) in [5.41, 5.74) is 6.72. The molecule has 0 aliphatic heterocycles. The Balaban J connectivity index is 2.66. The zero-order valence-corrected chi connectivity index (χ0v) is 14.6. The predicted octanol–water partition coefficient (Wildman–Crippen LogP) is 4.19. The molecule has 2 N–H and O–H groups in total. The van der Waals surface area contributed by atoms with E-state index in [1.165, 1.54) is 6.42 Å². The summed E-state index contributed by atoms with van der Waals surface area (Å²) in [6.45, 7) is 9.80. The topological polar surface area (TPSA) is 60.2 Å². The fourth-order valence-electron chi connectivity index (χ4n) is 3.50. The average Bonchev–Trinajstić information content (AvgIpc) is 2.50. The van der Waals surface area contributed by atoms with Crippen LogP contribution in [0.1, 0.15) is 78.6 Å². The zero-order chi connectivity index (χ0) is 16.8. The van der Waals surface area contributed by atoms with Crippen molar-refractivity contribution in [2.24, 2.45) is 17.1 Å². The van der Waals surface area contributed by atoms with Crippen molar-refractivity contribution in [3.63, 3.8) is 0 Å². The van der Waals surface area contributed by atoms with Gasteiger partial charge in [-0.2, -0.15) is 0 Å². The van der Waals surface area contributed by atoms with Gasteiger partial charge in [0.1, 0.15) is 5.78 Å². The maximum Gasteiger partial charge on any atom is 0.175 e. The molecule has 0 aromatic heterocycles. The lowest BCUT2D eigenvalue weighted by atomic mass is 9.68. The molecule has 0 unspecified atom stereocenters. The molecule has 1 fully saturated rings. The van der Waals surface area contributed by atoms with Gasteiger partial charge in [-0.15, -0.1) is 0 Å². The van der Waals surface area contributed by atoms with Gasteiger partial charge in [0.2, 0.25) is 0 Å². The molecule has 126 valence electrons. The Bertz CT molecular complexity index is 408. The van der Waals surface area contributed by atoms with E-state index in [2.05, 4.69) is 20.4 Å². The number of rotatable bonds is 9. The van der Waals surface area contributed by atoms with Crippen LogP contribution in [-0.4, -0.2) is 17.6 Å². The molecule has 0 radical (unpaired) electrons. The molecule has 0 aromatic carbocycles. The highest BCUT2D eigenvalue weighted by atomic mass is 16.1. The molecule has 1 saturated carbocycles. The van der Waals surface area contributed by atoms with Crippen molar-refractivity contribution < 1.29 is 9.59 Å². The monoisotopic (exact) mass is 307 g/mol. The van der Waals surface area contributed by atoms with E-state index in [1.807, 2.05) is 0 Å². The maximum absolute atomic E-state index is 12.6. The number of hydrogen-bond acceptors (Lipinski definition) is 3. The van der Waals surface area contributed by atoms with Crippen LogP contribution in [0, 0.1) is 11.3 Å². The number of hydrogen-bond donors (Lipinski definition) is 1.